The Kier molecular flexibility index (Phi) is 6.63. The third kappa shape index (κ3) is 5.01. The summed E-state index contributed by atoms with van der Waals surface area (Å²) in [4.78, 5) is 2.45. The Hall–Kier alpha value is -0.770. The molecule has 1 aromatic carbocycles. The maximum absolute atomic E-state index is 6.02. The number of ether oxygens (including phenoxy) is 1. The standard InChI is InChI=1S/C15H24N2O.ClH/c1-12-4-3-5-14(10-12)18-9-8-17-7-6-15(16)13(2)11-17;/h3-5,10,13,15H,6-9,11,16H2,1-2H3;1H. The van der Waals surface area contributed by atoms with Crippen molar-refractivity contribution in [2.75, 3.05) is 26.2 Å². The molecule has 0 saturated carbocycles. The van der Waals surface area contributed by atoms with Crippen LogP contribution in [0.2, 0.25) is 0 Å². The summed E-state index contributed by atoms with van der Waals surface area (Å²) in [6.07, 6.45) is 1.10. The van der Waals surface area contributed by atoms with Crippen molar-refractivity contribution in [3.8, 4) is 5.75 Å². The molecule has 2 N–H and O–H groups in total. The van der Waals surface area contributed by atoms with Crippen molar-refractivity contribution in [1.29, 1.82) is 0 Å². The van der Waals surface area contributed by atoms with Crippen molar-refractivity contribution in [3.63, 3.8) is 0 Å². The van der Waals surface area contributed by atoms with Crippen LogP contribution in [0, 0.1) is 12.8 Å². The van der Waals surface area contributed by atoms with Gasteiger partial charge in [0.15, 0.2) is 0 Å². The fourth-order valence-electron chi connectivity index (χ4n) is 2.45. The number of nitrogens with two attached hydrogens (primary N) is 1. The lowest BCUT2D eigenvalue weighted by Gasteiger charge is -2.34. The van der Waals surface area contributed by atoms with Crippen LogP contribution in [0.5, 0.6) is 5.75 Å². The summed E-state index contributed by atoms with van der Waals surface area (Å²) in [5, 5.41) is 0. The number of rotatable bonds is 4. The number of benzene rings is 1. The van der Waals surface area contributed by atoms with Gasteiger partial charge in [-0.2, -0.15) is 0 Å². The maximum atomic E-state index is 6.02. The van der Waals surface area contributed by atoms with Gasteiger partial charge in [-0.25, -0.2) is 0 Å². The van der Waals surface area contributed by atoms with Crippen molar-refractivity contribution in [3.05, 3.63) is 29.8 Å². The molecule has 1 heterocycles. The molecular formula is C15H25ClN2O. The fourth-order valence-corrected chi connectivity index (χ4v) is 2.45. The topological polar surface area (TPSA) is 38.5 Å². The van der Waals surface area contributed by atoms with Gasteiger partial charge in [-0.15, -0.1) is 12.4 Å². The van der Waals surface area contributed by atoms with E-state index in [-0.39, 0.29) is 12.4 Å². The maximum Gasteiger partial charge on any atom is 0.119 e. The van der Waals surface area contributed by atoms with Gasteiger partial charge < -0.3 is 10.5 Å². The molecule has 0 bridgehead atoms. The van der Waals surface area contributed by atoms with E-state index in [1.54, 1.807) is 0 Å². The minimum Gasteiger partial charge on any atom is -0.492 e. The number of likely N-dealkylation sites (tertiary alicyclic amines) is 1. The lowest BCUT2D eigenvalue weighted by molar-refractivity contribution is 0.140. The van der Waals surface area contributed by atoms with Crippen LogP contribution in [0.1, 0.15) is 18.9 Å². The van der Waals surface area contributed by atoms with Crippen molar-refractivity contribution in [2.45, 2.75) is 26.3 Å². The third-order valence-corrected chi connectivity index (χ3v) is 3.72. The number of aryl methyl sites for hydroxylation is 1. The zero-order valence-electron chi connectivity index (χ0n) is 11.8. The Morgan fingerprint density at radius 1 is 1.42 bits per heavy atom. The molecule has 1 aromatic rings. The molecule has 0 radical (unpaired) electrons. The number of hydrogen-bond acceptors (Lipinski definition) is 3. The molecule has 0 spiro atoms. The molecule has 108 valence electrons. The molecule has 1 saturated heterocycles. The molecule has 1 aliphatic heterocycles. The lowest BCUT2D eigenvalue weighted by atomic mass is 9.95. The first-order valence-corrected chi connectivity index (χ1v) is 6.82. The third-order valence-electron chi connectivity index (χ3n) is 3.72. The predicted octanol–water partition coefficient (Wildman–Crippen LogP) is 2.46. The fraction of sp³-hybridized carbons (Fsp3) is 0.600. The van der Waals surface area contributed by atoms with Crippen LogP contribution in [0.15, 0.2) is 24.3 Å². The van der Waals surface area contributed by atoms with Crippen molar-refractivity contribution < 1.29 is 4.74 Å². The van der Waals surface area contributed by atoms with Gasteiger partial charge in [0.25, 0.3) is 0 Å². The molecule has 1 aliphatic rings. The van der Waals surface area contributed by atoms with Crippen LogP contribution < -0.4 is 10.5 Å². The smallest absolute Gasteiger partial charge is 0.119 e. The summed E-state index contributed by atoms with van der Waals surface area (Å²) in [6.45, 7) is 8.26. The normalized spacial score (nSPS) is 23.7. The first kappa shape index (κ1) is 16.3. The van der Waals surface area contributed by atoms with Crippen LogP contribution in [-0.4, -0.2) is 37.2 Å². The van der Waals surface area contributed by atoms with E-state index in [1.807, 2.05) is 12.1 Å². The molecule has 19 heavy (non-hydrogen) atoms. The average Bonchev–Trinajstić information content (AvgIpc) is 2.34. The Labute approximate surface area is 122 Å². The molecule has 4 heteroatoms. The summed E-state index contributed by atoms with van der Waals surface area (Å²) >= 11 is 0. The van der Waals surface area contributed by atoms with Crippen molar-refractivity contribution in [1.82, 2.24) is 4.90 Å². The Balaban J connectivity index is 0.00000180. The molecule has 2 unspecified atom stereocenters. The second-order valence-electron chi connectivity index (χ2n) is 5.40. The van der Waals surface area contributed by atoms with Gasteiger partial charge in [-0.3, -0.25) is 4.90 Å². The van der Waals surface area contributed by atoms with E-state index in [2.05, 4.69) is 30.9 Å². The molecule has 0 aromatic heterocycles. The Bertz CT molecular complexity index is 386. The largest absolute Gasteiger partial charge is 0.492 e. The van der Waals surface area contributed by atoms with E-state index >= 15 is 0 Å². The Morgan fingerprint density at radius 3 is 2.89 bits per heavy atom. The van der Waals surface area contributed by atoms with E-state index in [0.29, 0.717) is 12.0 Å². The minimum atomic E-state index is 0. The van der Waals surface area contributed by atoms with Gasteiger partial charge >= 0.3 is 0 Å². The summed E-state index contributed by atoms with van der Waals surface area (Å²) < 4.78 is 5.78. The molecule has 2 rings (SSSR count). The highest BCUT2D eigenvalue weighted by Crippen LogP contribution is 2.15. The number of piperidine rings is 1. The predicted molar refractivity (Wildman–Crippen MR) is 82.1 cm³/mol. The zero-order chi connectivity index (χ0) is 13.0. The average molecular weight is 285 g/mol. The molecule has 0 amide bonds. The van der Waals surface area contributed by atoms with Crippen LogP contribution in [0.4, 0.5) is 0 Å². The molecule has 2 atom stereocenters. The number of halogens is 1. The summed E-state index contributed by atoms with van der Waals surface area (Å²) in [5.41, 5.74) is 7.26. The summed E-state index contributed by atoms with van der Waals surface area (Å²) in [5.74, 6) is 1.56. The van der Waals surface area contributed by atoms with E-state index in [9.17, 15) is 0 Å². The van der Waals surface area contributed by atoms with Gasteiger partial charge in [0, 0.05) is 19.1 Å². The van der Waals surface area contributed by atoms with Crippen molar-refractivity contribution >= 4 is 12.4 Å². The van der Waals surface area contributed by atoms with Crippen LogP contribution in [0.25, 0.3) is 0 Å². The van der Waals surface area contributed by atoms with E-state index in [0.717, 1.165) is 38.4 Å². The van der Waals surface area contributed by atoms with Crippen molar-refractivity contribution in [2.24, 2.45) is 11.7 Å². The number of nitrogens with zero attached hydrogens (tertiary/aromatic N) is 1. The Morgan fingerprint density at radius 2 is 2.21 bits per heavy atom. The van der Waals surface area contributed by atoms with E-state index in [4.69, 9.17) is 10.5 Å². The highest BCUT2D eigenvalue weighted by atomic mass is 35.5. The highest BCUT2D eigenvalue weighted by molar-refractivity contribution is 5.85. The first-order chi connectivity index (χ1) is 8.65. The first-order valence-electron chi connectivity index (χ1n) is 6.82. The molecule has 0 aliphatic carbocycles. The molecule has 3 nitrogen and oxygen atoms in total. The monoisotopic (exact) mass is 284 g/mol. The van der Waals surface area contributed by atoms with Crippen LogP contribution in [0.3, 0.4) is 0 Å². The van der Waals surface area contributed by atoms with Gasteiger partial charge in [0.2, 0.25) is 0 Å². The van der Waals surface area contributed by atoms with Gasteiger partial charge in [-0.1, -0.05) is 19.1 Å². The van der Waals surface area contributed by atoms with Crippen LogP contribution >= 0.6 is 12.4 Å². The number of hydrogen-bond donors (Lipinski definition) is 1. The second kappa shape index (κ2) is 7.73. The van der Waals surface area contributed by atoms with Gasteiger partial charge in [-0.05, 0) is 43.5 Å². The summed E-state index contributed by atoms with van der Waals surface area (Å²) in [7, 11) is 0. The van der Waals surface area contributed by atoms with E-state index in [1.165, 1.54) is 5.56 Å². The van der Waals surface area contributed by atoms with E-state index < -0.39 is 0 Å². The van der Waals surface area contributed by atoms with Crippen LogP contribution in [-0.2, 0) is 0 Å². The quantitative estimate of drug-likeness (QED) is 0.923. The lowest BCUT2D eigenvalue weighted by Crippen LogP contribution is -2.46. The highest BCUT2D eigenvalue weighted by Gasteiger charge is 2.22. The molecular weight excluding hydrogens is 260 g/mol. The summed E-state index contributed by atoms with van der Waals surface area (Å²) in [6, 6.07) is 8.59. The van der Waals surface area contributed by atoms with Gasteiger partial charge in [0.05, 0.1) is 0 Å². The minimum absolute atomic E-state index is 0. The molecule has 1 fully saturated rings. The SMILES string of the molecule is Cc1cccc(OCCN2CCC(N)C(C)C2)c1.Cl. The second-order valence-corrected chi connectivity index (χ2v) is 5.40. The van der Waals surface area contributed by atoms with Gasteiger partial charge in [0.1, 0.15) is 12.4 Å². The zero-order valence-corrected chi connectivity index (χ0v) is 12.7.